The summed E-state index contributed by atoms with van der Waals surface area (Å²) in [5, 5.41) is 14.2. The minimum atomic E-state index is -3.99. The van der Waals surface area contributed by atoms with Crippen molar-refractivity contribution in [2.45, 2.75) is 56.5 Å². The van der Waals surface area contributed by atoms with E-state index in [1.165, 1.54) is 24.3 Å². The fourth-order valence-corrected chi connectivity index (χ4v) is 5.34. The van der Waals surface area contributed by atoms with Crippen LogP contribution in [0.15, 0.2) is 47.4 Å². The number of nitro benzene ring substituents is 1. The zero-order valence-electron chi connectivity index (χ0n) is 19.0. The standard InChI is InChI=1S/C23H28FN3O6S/c1-3-33-22-13-12-20(14-21(22)27(29)30)34(31,32)26-19-10-6-17(7-11-19)23(28)25-15(2)16-4-8-18(24)9-5-16/h4-5,8-9,12-15,17,19,26H,3,6-7,10-11H2,1-2H3,(H,25,28)/t15-,17?,19?/m1/s1. The third-order valence-electron chi connectivity index (χ3n) is 5.89. The van der Waals surface area contributed by atoms with Gasteiger partial charge >= 0.3 is 5.69 Å². The van der Waals surface area contributed by atoms with Crippen molar-refractivity contribution in [3.05, 3.63) is 64.0 Å². The van der Waals surface area contributed by atoms with Crippen molar-refractivity contribution in [1.29, 1.82) is 0 Å². The fraction of sp³-hybridized carbons (Fsp3) is 0.435. The van der Waals surface area contributed by atoms with E-state index in [4.69, 9.17) is 4.74 Å². The Hall–Kier alpha value is -3.05. The summed E-state index contributed by atoms with van der Waals surface area (Å²) in [6, 6.07) is 8.81. The summed E-state index contributed by atoms with van der Waals surface area (Å²) < 4.78 is 46.5. The van der Waals surface area contributed by atoms with Gasteiger partial charge in [0.25, 0.3) is 0 Å². The van der Waals surface area contributed by atoms with Gasteiger partial charge in [0.1, 0.15) is 5.82 Å². The number of carbonyl (C=O) groups excluding carboxylic acids is 1. The summed E-state index contributed by atoms with van der Waals surface area (Å²) in [6.45, 7) is 3.71. The first kappa shape index (κ1) is 25.6. The summed E-state index contributed by atoms with van der Waals surface area (Å²) in [5.41, 5.74) is 0.376. The van der Waals surface area contributed by atoms with Gasteiger partial charge in [0, 0.05) is 18.0 Å². The Morgan fingerprint density at radius 2 is 1.82 bits per heavy atom. The molecule has 1 aliphatic rings. The molecule has 3 rings (SSSR count). The molecular weight excluding hydrogens is 465 g/mol. The van der Waals surface area contributed by atoms with E-state index in [9.17, 15) is 27.7 Å². The Balaban J connectivity index is 1.58. The van der Waals surface area contributed by atoms with Gasteiger partial charge in [0.15, 0.2) is 5.75 Å². The van der Waals surface area contributed by atoms with Crippen molar-refractivity contribution < 1.29 is 27.3 Å². The van der Waals surface area contributed by atoms with E-state index in [-0.39, 0.29) is 47.0 Å². The molecule has 1 aliphatic carbocycles. The van der Waals surface area contributed by atoms with Gasteiger partial charge in [-0.15, -0.1) is 0 Å². The van der Waals surface area contributed by atoms with Gasteiger partial charge in [-0.1, -0.05) is 12.1 Å². The molecule has 1 fully saturated rings. The van der Waals surface area contributed by atoms with E-state index in [0.29, 0.717) is 25.7 Å². The van der Waals surface area contributed by atoms with Crippen molar-refractivity contribution in [1.82, 2.24) is 10.0 Å². The van der Waals surface area contributed by atoms with Crippen LogP contribution in [0.4, 0.5) is 10.1 Å². The van der Waals surface area contributed by atoms with E-state index >= 15 is 0 Å². The predicted octanol–water partition coefficient (Wildman–Crippen LogP) is 3.85. The van der Waals surface area contributed by atoms with E-state index in [0.717, 1.165) is 11.6 Å². The first-order chi connectivity index (χ1) is 16.1. The smallest absolute Gasteiger partial charge is 0.312 e. The second kappa shape index (κ2) is 10.9. The Labute approximate surface area is 197 Å². The number of benzene rings is 2. The third-order valence-corrected chi connectivity index (χ3v) is 7.40. The molecule has 1 amide bonds. The molecule has 1 atom stereocenters. The highest BCUT2D eigenvalue weighted by Crippen LogP contribution is 2.31. The summed E-state index contributed by atoms with van der Waals surface area (Å²) in [5.74, 6) is -0.716. The Morgan fingerprint density at radius 3 is 2.41 bits per heavy atom. The molecule has 184 valence electrons. The zero-order chi connectivity index (χ0) is 24.9. The number of nitrogens with one attached hydrogen (secondary N) is 2. The SMILES string of the molecule is CCOc1ccc(S(=O)(=O)NC2CCC(C(=O)N[C@H](C)c3ccc(F)cc3)CC2)cc1[N+](=O)[O-]. The molecule has 9 nitrogen and oxygen atoms in total. The third kappa shape index (κ3) is 6.29. The monoisotopic (exact) mass is 493 g/mol. The van der Waals surface area contributed by atoms with E-state index in [2.05, 4.69) is 10.0 Å². The maximum absolute atomic E-state index is 13.1. The maximum Gasteiger partial charge on any atom is 0.312 e. The van der Waals surface area contributed by atoms with Crippen LogP contribution in [-0.2, 0) is 14.8 Å². The van der Waals surface area contributed by atoms with E-state index < -0.39 is 20.6 Å². The summed E-state index contributed by atoms with van der Waals surface area (Å²) in [6.07, 6.45) is 1.92. The molecule has 2 N–H and O–H groups in total. The molecule has 11 heteroatoms. The van der Waals surface area contributed by atoms with Crippen LogP contribution in [0.5, 0.6) is 5.75 Å². The minimum absolute atomic E-state index is 0.00726. The summed E-state index contributed by atoms with van der Waals surface area (Å²) in [7, 11) is -3.99. The van der Waals surface area contributed by atoms with Crippen LogP contribution in [0, 0.1) is 21.8 Å². The molecule has 0 aliphatic heterocycles. The normalized spacial score (nSPS) is 19.3. The number of halogens is 1. The van der Waals surface area contributed by atoms with Crippen LogP contribution < -0.4 is 14.8 Å². The molecule has 2 aromatic rings. The Morgan fingerprint density at radius 1 is 1.18 bits per heavy atom. The average Bonchev–Trinajstić information content (AvgIpc) is 2.80. The minimum Gasteiger partial charge on any atom is -0.487 e. The van der Waals surface area contributed by atoms with Crippen LogP contribution in [-0.4, -0.2) is 31.9 Å². The van der Waals surface area contributed by atoms with Gasteiger partial charge in [-0.3, -0.25) is 14.9 Å². The van der Waals surface area contributed by atoms with Gasteiger partial charge in [-0.05, 0) is 69.4 Å². The van der Waals surface area contributed by atoms with Gasteiger partial charge in [0.05, 0.1) is 22.5 Å². The van der Waals surface area contributed by atoms with Crippen molar-refractivity contribution in [3.63, 3.8) is 0 Å². The number of amides is 1. The maximum atomic E-state index is 13.1. The molecular formula is C23H28FN3O6S. The molecule has 0 saturated heterocycles. The molecule has 2 aromatic carbocycles. The quantitative estimate of drug-likeness (QED) is 0.403. The zero-order valence-corrected chi connectivity index (χ0v) is 19.8. The van der Waals surface area contributed by atoms with Crippen LogP contribution >= 0.6 is 0 Å². The molecule has 0 bridgehead atoms. The molecule has 1 saturated carbocycles. The second-order valence-electron chi connectivity index (χ2n) is 8.27. The topological polar surface area (TPSA) is 128 Å². The number of rotatable bonds is 9. The molecule has 0 unspecified atom stereocenters. The van der Waals surface area contributed by atoms with Crippen molar-refractivity contribution in [2.24, 2.45) is 5.92 Å². The number of ether oxygens (including phenoxy) is 1. The van der Waals surface area contributed by atoms with Crippen LogP contribution in [0.1, 0.15) is 51.1 Å². The number of nitrogens with zero attached hydrogens (tertiary/aromatic N) is 1. The van der Waals surface area contributed by atoms with Crippen molar-refractivity contribution in [3.8, 4) is 5.75 Å². The van der Waals surface area contributed by atoms with Gasteiger partial charge < -0.3 is 10.1 Å². The largest absolute Gasteiger partial charge is 0.487 e. The first-order valence-corrected chi connectivity index (χ1v) is 12.6. The van der Waals surface area contributed by atoms with Crippen LogP contribution in [0.25, 0.3) is 0 Å². The second-order valence-corrected chi connectivity index (χ2v) is 9.99. The molecule has 0 radical (unpaired) electrons. The number of hydrogen-bond donors (Lipinski definition) is 2. The number of hydrogen-bond acceptors (Lipinski definition) is 6. The number of nitro groups is 1. The number of carbonyl (C=O) groups is 1. The predicted molar refractivity (Wildman–Crippen MR) is 123 cm³/mol. The molecule has 0 heterocycles. The summed E-state index contributed by atoms with van der Waals surface area (Å²) >= 11 is 0. The lowest BCUT2D eigenvalue weighted by Gasteiger charge is -2.29. The van der Waals surface area contributed by atoms with Crippen LogP contribution in [0.2, 0.25) is 0 Å². The highest BCUT2D eigenvalue weighted by Gasteiger charge is 2.30. The molecule has 0 aromatic heterocycles. The highest BCUT2D eigenvalue weighted by atomic mass is 32.2. The average molecular weight is 494 g/mol. The van der Waals surface area contributed by atoms with E-state index in [1.807, 2.05) is 6.92 Å². The first-order valence-electron chi connectivity index (χ1n) is 11.1. The van der Waals surface area contributed by atoms with Crippen molar-refractivity contribution in [2.75, 3.05) is 6.61 Å². The lowest BCUT2D eigenvalue weighted by molar-refractivity contribution is -0.386. The Kier molecular flexibility index (Phi) is 8.21. The van der Waals surface area contributed by atoms with Gasteiger partial charge in [-0.25, -0.2) is 17.5 Å². The van der Waals surface area contributed by atoms with Crippen molar-refractivity contribution >= 4 is 21.6 Å². The highest BCUT2D eigenvalue weighted by molar-refractivity contribution is 7.89. The fourth-order valence-electron chi connectivity index (χ4n) is 4.01. The lowest BCUT2D eigenvalue weighted by atomic mass is 9.85. The lowest BCUT2D eigenvalue weighted by Crippen LogP contribution is -2.41. The van der Waals surface area contributed by atoms with Gasteiger partial charge in [-0.2, -0.15) is 0 Å². The Bertz CT molecular complexity index is 1130. The molecule has 0 spiro atoms. The summed E-state index contributed by atoms with van der Waals surface area (Å²) in [4.78, 5) is 23.1. The van der Waals surface area contributed by atoms with E-state index in [1.54, 1.807) is 19.1 Å². The number of sulfonamides is 1. The molecule has 34 heavy (non-hydrogen) atoms. The van der Waals surface area contributed by atoms with Crippen LogP contribution in [0.3, 0.4) is 0 Å². The van der Waals surface area contributed by atoms with Gasteiger partial charge in [0.2, 0.25) is 15.9 Å².